The fraction of sp³-hybridized carbons (Fsp3) is 0.500. The van der Waals surface area contributed by atoms with E-state index in [1.807, 2.05) is 12.1 Å². The Labute approximate surface area is 115 Å². The van der Waals surface area contributed by atoms with Gasteiger partial charge >= 0.3 is 5.97 Å². The Kier molecular flexibility index (Phi) is 6.36. The van der Waals surface area contributed by atoms with Gasteiger partial charge in [0, 0.05) is 0 Å². The number of hydrogen-bond donors (Lipinski definition) is 1. The highest BCUT2D eigenvalue weighted by Gasteiger charge is 2.16. The van der Waals surface area contributed by atoms with Gasteiger partial charge in [-0.05, 0) is 23.0 Å². The average Bonchev–Trinajstić information content (AvgIpc) is 2.27. The van der Waals surface area contributed by atoms with Gasteiger partial charge in [0.05, 0.1) is 7.11 Å². The summed E-state index contributed by atoms with van der Waals surface area (Å²) < 4.78 is 4.60. The molecule has 0 saturated heterocycles. The molecule has 0 fully saturated rings. The first-order valence-electron chi connectivity index (χ1n) is 5.77. The third-order valence-electron chi connectivity index (χ3n) is 2.78. The Morgan fingerprint density at radius 1 is 1.28 bits per heavy atom. The lowest BCUT2D eigenvalue weighted by Gasteiger charge is -2.19. The summed E-state index contributed by atoms with van der Waals surface area (Å²) in [5, 5.41) is 0. The molecule has 0 radical (unpaired) electrons. The maximum absolute atomic E-state index is 11.2. The molecule has 4 heteroatoms. The predicted molar refractivity (Wildman–Crippen MR) is 76.1 cm³/mol. The van der Waals surface area contributed by atoms with Gasteiger partial charge in [-0.25, -0.2) is 0 Å². The molecule has 18 heavy (non-hydrogen) atoms. The number of esters is 1. The Hall–Kier alpha value is -1.06. The number of rotatable bonds is 3. The topological polar surface area (TPSA) is 52.3 Å². The molecule has 1 atom stereocenters. The zero-order chi connectivity index (χ0) is 13.1. The zero-order valence-electron chi connectivity index (χ0n) is 11.4. The van der Waals surface area contributed by atoms with Gasteiger partial charge in [-0.15, -0.1) is 12.4 Å². The maximum atomic E-state index is 11.2. The van der Waals surface area contributed by atoms with Crippen LogP contribution in [0, 0.1) is 0 Å². The second-order valence-corrected chi connectivity index (χ2v) is 5.28. The summed E-state index contributed by atoms with van der Waals surface area (Å²) >= 11 is 0. The Bertz CT molecular complexity index is 382. The molecule has 0 aliphatic heterocycles. The molecule has 0 heterocycles. The van der Waals surface area contributed by atoms with Crippen LogP contribution in [-0.4, -0.2) is 19.1 Å². The van der Waals surface area contributed by atoms with Gasteiger partial charge < -0.3 is 10.5 Å². The molecule has 0 aromatic heterocycles. The lowest BCUT2D eigenvalue weighted by Crippen LogP contribution is -2.33. The average molecular weight is 272 g/mol. The predicted octanol–water partition coefficient (Wildman–Crippen LogP) is 2.45. The van der Waals surface area contributed by atoms with Gasteiger partial charge in [-0.2, -0.15) is 0 Å². The van der Waals surface area contributed by atoms with Crippen molar-refractivity contribution in [2.24, 2.45) is 5.73 Å². The van der Waals surface area contributed by atoms with Crippen LogP contribution in [0.3, 0.4) is 0 Å². The van der Waals surface area contributed by atoms with E-state index in [2.05, 4.69) is 37.6 Å². The van der Waals surface area contributed by atoms with E-state index in [0.717, 1.165) is 5.56 Å². The van der Waals surface area contributed by atoms with Crippen molar-refractivity contribution in [2.75, 3.05) is 7.11 Å². The van der Waals surface area contributed by atoms with Crippen LogP contribution in [0.2, 0.25) is 0 Å². The van der Waals surface area contributed by atoms with Crippen molar-refractivity contribution < 1.29 is 9.53 Å². The molecule has 0 aliphatic carbocycles. The minimum atomic E-state index is -0.583. The first-order valence-corrected chi connectivity index (χ1v) is 5.77. The molecule has 0 amide bonds. The summed E-state index contributed by atoms with van der Waals surface area (Å²) in [5.41, 5.74) is 8.17. The van der Waals surface area contributed by atoms with E-state index < -0.39 is 6.04 Å². The molecule has 1 aromatic carbocycles. The summed E-state index contributed by atoms with van der Waals surface area (Å²) in [6.45, 7) is 6.51. The summed E-state index contributed by atoms with van der Waals surface area (Å²) in [7, 11) is 1.35. The molecular formula is C14H22ClNO2. The van der Waals surface area contributed by atoms with Gasteiger partial charge in [-0.3, -0.25) is 4.79 Å². The molecular weight excluding hydrogens is 250 g/mol. The number of ether oxygens (including phenoxy) is 1. The van der Waals surface area contributed by atoms with Crippen LogP contribution >= 0.6 is 12.4 Å². The Balaban J connectivity index is 0.00000289. The first kappa shape index (κ1) is 16.9. The van der Waals surface area contributed by atoms with E-state index in [1.165, 1.54) is 12.7 Å². The highest BCUT2D eigenvalue weighted by molar-refractivity contribution is 5.85. The number of hydrogen-bond acceptors (Lipinski definition) is 3. The number of methoxy groups -OCH3 is 1. The molecule has 3 nitrogen and oxygen atoms in total. The largest absolute Gasteiger partial charge is 0.468 e. The van der Waals surface area contributed by atoms with E-state index in [4.69, 9.17) is 5.73 Å². The van der Waals surface area contributed by atoms with E-state index in [1.54, 1.807) is 0 Å². The molecule has 0 aliphatic rings. The third-order valence-corrected chi connectivity index (χ3v) is 2.78. The number of carbonyl (C=O) groups is 1. The van der Waals surface area contributed by atoms with E-state index in [-0.39, 0.29) is 23.8 Å². The Morgan fingerprint density at radius 2 is 1.78 bits per heavy atom. The van der Waals surface area contributed by atoms with Crippen molar-refractivity contribution in [1.82, 2.24) is 0 Å². The quantitative estimate of drug-likeness (QED) is 0.859. The highest BCUT2D eigenvalue weighted by atomic mass is 35.5. The van der Waals surface area contributed by atoms with Crippen LogP contribution in [0.1, 0.15) is 31.9 Å². The van der Waals surface area contributed by atoms with Crippen molar-refractivity contribution in [3.63, 3.8) is 0 Å². The molecule has 0 spiro atoms. The lowest BCUT2D eigenvalue weighted by molar-refractivity contribution is -0.142. The minimum absolute atomic E-state index is 0. The van der Waals surface area contributed by atoms with Crippen LogP contribution in [-0.2, 0) is 21.4 Å². The smallest absolute Gasteiger partial charge is 0.322 e. The Morgan fingerprint density at radius 3 is 2.17 bits per heavy atom. The SMILES string of the molecule is COC(=O)[C@@H](N)Cc1ccc(C(C)(C)C)cc1.Cl. The molecule has 0 unspecified atom stereocenters. The number of carbonyl (C=O) groups excluding carboxylic acids is 1. The maximum Gasteiger partial charge on any atom is 0.322 e. The van der Waals surface area contributed by atoms with Crippen molar-refractivity contribution in [2.45, 2.75) is 38.6 Å². The molecule has 1 aromatic rings. The zero-order valence-corrected chi connectivity index (χ0v) is 12.2. The van der Waals surface area contributed by atoms with Crippen molar-refractivity contribution in [3.8, 4) is 0 Å². The summed E-state index contributed by atoms with van der Waals surface area (Å²) in [5.74, 6) is -0.370. The third kappa shape index (κ3) is 4.67. The number of nitrogens with two attached hydrogens (primary N) is 1. The van der Waals surface area contributed by atoms with Crippen LogP contribution < -0.4 is 5.73 Å². The fourth-order valence-electron chi connectivity index (χ4n) is 1.63. The van der Waals surface area contributed by atoms with Crippen LogP contribution in [0.4, 0.5) is 0 Å². The first-order chi connectivity index (χ1) is 7.84. The number of benzene rings is 1. The van der Waals surface area contributed by atoms with Gasteiger partial charge in [-0.1, -0.05) is 45.0 Å². The van der Waals surface area contributed by atoms with Crippen molar-refractivity contribution >= 4 is 18.4 Å². The van der Waals surface area contributed by atoms with E-state index >= 15 is 0 Å². The summed E-state index contributed by atoms with van der Waals surface area (Å²) in [4.78, 5) is 11.2. The van der Waals surface area contributed by atoms with E-state index in [9.17, 15) is 4.79 Å². The van der Waals surface area contributed by atoms with Gasteiger partial charge in [0.1, 0.15) is 6.04 Å². The molecule has 1 rings (SSSR count). The van der Waals surface area contributed by atoms with Crippen molar-refractivity contribution in [3.05, 3.63) is 35.4 Å². The molecule has 102 valence electrons. The number of halogens is 1. The van der Waals surface area contributed by atoms with Crippen LogP contribution in [0.25, 0.3) is 0 Å². The second-order valence-electron chi connectivity index (χ2n) is 5.28. The van der Waals surface area contributed by atoms with Gasteiger partial charge in [0.25, 0.3) is 0 Å². The monoisotopic (exact) mass is 271 g/mol. The lowest BCUT2D eigenvalue weighted by atomic mass is 9.86. The summed E-state index contributed by atoms with van der Waals surface area (Å²) in [6.07, 6.45) is 0.511. The van der Waals surface area contributed by atoms with Gasteiger partial charge in [0.15, 0.2) is 0 Å². The standard InChI is InChI=1S/C14H21NO2.ClH/c1-14(2,3)11-7-5-10(6-8-11)9-12(15)13(16)17-4;/h5-8,12H,9,15H2,1-4H3;1H/t12-;/m0./s1. The minimum Gasteiger partial charge on any atom is -0.468 e. The van der Waals surface area contributed by atoms with Crippen LogP contribution in [0.5, 0.6) is 0 Å². The fourth-order valence-corrected chi connectivity index (χ4v) is 1.63. The molecule has 2 N–H and O–H groups in total. The van der Waals surface area contributed by atoms with Crippen LogP contribution in [0.15, 0.2) is 24.3 Å². The highest BCUT2D eigenvalue weighted by Crippen LogP contribution is 2.22. The molecule has 0 bridgehead atoms. The summed E-state index contributed by atoms with van der Waals surface area (Å²) in [6, 6.07) is 7.62. The van der Waals surface area contributed by atoms with Crippen molar-refractivity contribution in [1.29, 1.82) is 0 Å². The second kappa shape index (κ2) is 6.76. The molecule has 0 saturated carbocycles. The normalized spacial score (nSPS) is 12.5. The van der Waals surface area contributed by atoms with Gasteiger partial charge in [0.2, 0.25) is 0 Å². The van der Waals surface area contributed by atoms with E-state index in [0.29, 0.717) is 6.42 Å².